The van der Waals surface area contributed by atoms with E-state index in [0.29, 0.717) is 0 Å². The molecule has 0 unspecified atom stereocenters. The number of hydrogen-bond acceptors (Lipinski definition) is 1. The fourth-order valence-corrected chi connectivity index (χ4v) is 7.27. The Morgan fingerprint density at radius 1 is 0.486 bits per heavy atom. The molecule has 4 aromatic rings. The normalized spacial score (nSPS) is 16.5. The predicted octanol–water partition coefficient (Wildman–Crippen LogP) is 6.95. The van der Waals surface area contributed by atoms with Crippen LogP contribution in [-0.4, -0.2) is 0 Å². The number of fused-ring (bicyclic) bond motifs is 1. The van der Waals surface area contributed by atoms with Crippen molar-refractivity contribution < 1.29 is 21.6 Å². The van der Waals surface area contributed by atoms with Crippen molar-refractivity contribution in [2.45, 2.75) is 0 Å². The van der Waals surface area contributed by atoms with Crippen LogP contribution in [0.3, 0.4) is 0 Å². The van der Waals surface area contributed by atoms with Crippen LogP contribution in [0.2, 0.25) is 0 Å². The molecule has 10 radical (unpaired) electrons. The summed E-state index contributed by atoms with van der Waals surface area (Å²) in [7, 11) is -3.01. The van der Waals surface area contributed by atoms with Gasteiger partial charge >= 0.3 is 17.1 Å². The van der Waals surface area contributed by atoms with Crippen LogP contribution in [0, 0.1) is 62.9 Å². The first-order valence-electron chi connectivity index (χ1n) is 11.4. The summed E-state index contributed by atoms with van der Waals surface area (Å²) in [5, 5.41) is 4.08. The van der Waals surface area contributed by atoms with Crippen LogP contribution in [0.15, 0.2) is 103 Å². The van der Waals surface area contributed by atoms with Crippen LogP contribution in [0.25, 0.3) is 10.8 Å². The van der Waals surface area contributed by atoms with Crippen molar-refractivity contribution in [3.8, 4) is 0 Å². The van der Waals surface area contributed by atoms with Gasteiger partial charge in [0, 0.05) is 16.5 Å². The Morgan fingerprint density at radius 3 is 1.60 bits per heavy atom. The van der Waals surface area contributed by atoms with Crippen molar-refractivity contribution in [1.82, 2.24) is 0 Å². The summed E-state index contributed by atoms with van der Waals surface area (Å²) < 4.78 is 14.8. The number of hydrogen-bond donors (Lipinski definition) is 0. The molecule has 1 nitrogen and oxygen atoms in total. The second-order valence-electron chi connectivity index (χ2n) is 8.09. The minimum atomic E-state index is -3.01. The predicted molar refractivity (Wildman–Crippen MR) is 144 cm³/mol. The molecule has 6 rings (SSSR count). The van der Waals surface area contributed by atoms with Gasteiger partial charge in [-0.3, -0.25) is 0 Å². The third-order valence-corrected chi connectivity index (χ3v) is 9.13. The number of benzene rings is 4. The first-order valence-corrected chi connectivity index (χ1v) is 13.1. The molecule has 2 fully saturated rings. The molecular formula is C32H25FeOP+2. The largest absolute Gasteiger partial charge is 2.00 e. The van der Waals surface area contributed by atoms with Gasteiger partial charge in [0.15, 0.2) is 7.14 Å². The average molecular weight is 512 g/mol. The van der Waals surface area contributed by atoms with E-state index in [-0.39, 0.29) is 17.1 Å². The van der Waals surface area contributed by atoms with E-state index in [1.54, 1.807) is 0 Å². The van der Waals surface area contributed by atoms with Gasteiger partial charge < -0.3 is 4.57 Å². The summed E-state index contributed by atoms with van der Waals surface area (Å²) in [5.74, 6) is 1.04. The Balaban J connectivity index is 0.000000431. The van der Waals surface area contributed by atoms with Crippen LogP contribution < -0.4 is 10.6 Å². The van der Waals surface area contributed by atoms with E-state index in [2.05, 4.69) is 48.9 Å². The molecule has 0 spiro atoms. The van der Waals surface area contributed by atoms with Crippen molar-refractivity contribution in [3.63, 3.8) is 0 Å². The van der Waals surface area contributed by atoms with Crippen molar-refractivity contribution in [2.75, 3.05) is 0 Å². The minimum Gasteiger partial charge on any atom is -0.313 e. The maximum atomic E-state index is 14.8. The Hall–Kier alpha value is -2.11. The third-order valence-electron chi connectivity index (χ3n) is 6.01. The Morgan fingerprint density at radius 2 is 1.00 bits per heavy atom. The topological polar surface area (TPSA) is 17.1 Å². The first kappa shape index (κ1) is 26.0. The summed E-state index contributed by atoms with van der Waals surface area (Å²) in [5.41, 5.74) is 2.02. The fraction of sp³-hybridized carbons (Fsp3) is 0. The molecule has 0 aromatic heterocycles. The van der Waals surface area contributed by atoms with E-state index in [4.69, 9.17) is 0 Å². The summed E-state index contributed by atoms with van der Waals surface area (Å²) in [4.78, 5) is 0. The van der Waals surface area contributed by atoms with Gasteiger partial charge in [0.1, 0.15) is 0 Å². The van der Waals surface area contributed by atoms with Crippen LogP contribution in [0.5, 0.6) is 0 Å². The second-order valence-corrected chi connectivity index (χ2v) is 10.8. The quantitative estimate of drug-likeness (QED) is 0.214. The molecule has 0 bridgehead atoms. The first-order chi connectivity index (χ1) is 16.8. The molecule has 0 aliphatic heterocycles. The van der Waals surface area contributed by atoms with Crippen LogP contribution in [-0.2, 0) is 21.6 Å². The molecule has 0 heterocycles. The van der Waals surface area contributed by atoms with Gasteiger partial charge in [0.2, 0.25) is 0 Å². The zero-order valence-corrected chi connectivity index (χ0v) is 21.1. The van der Waals surface area contributed by atoms with Gasteiger partial charge in [0.05, 0.1) is 5.66 Å². The molecule has 170 valence electrons. The van der Waals surface area contributed by atoms with Crippen molar-refractivity contribution >= 4 is 28.5 Å². The van der Waals surface area contributed by atoms with E-state index >= 15 is 0 Å². The maximum absolute atomic E-state index is 14.8. The van der Waals surface area contributed by atoms with E-state index < -0.39 is 7.14 Å². The van der Waals surface area contributed by atoms with Gasteiger partial charge in [-0.1, -0.05) is 103 Å². The Labute approximate surface area is 221 Å². The zero-order chi connectivity index (χ0) is 23.2. The van der Waals surface area contributed by atoms with E-state index in [0.717, 1.165) is 27.7 Å². The van der Waals surface area contributed by atoms with Gasteiger partial charge in [0.25, 0.3) is 0 Å². The molecule has 0 amide bonds. The molecule has 4 aromatic carbocycles. The summed E-state index contributed by atoms with van der Waals surface area (Å²) in [6.07, 6.45) is 16.1. The molecule has 2 aliphatic rings. The van der Waals surface area contributed by atoms with Crippen molar-refractivity contribution in [1.29, 1.82) is 0 Å². The smallest absolute Gasteiger partial charge is 0.313 e. The fourth-order valence-electron chi connectivity index (χ4n) is 4.40. The van der Waals surface area contributed by atoms with E-state index in [9.17, 15) is 4.57 Å². The SMILES string of the molecule is O=P([C]1[CH][CH][CH][C]1c1cccc2ccccc12)(c1ccccc1)c1ccccc1.[CH]1[CH][CH][CH][CH]1.[Fe+2]. The molecule has 0 N–H and O–H groups in total. The molecule has 0 saturated heterocycles. The van der Waals surface area contributed by atoms with Crippen LogP contribution >= 0.6 is 7.14 Å². The molecule has 2 aliphatic carbocycles. The molecule has 35 heavy (non-hydrogen) atoms. The molecular weight excluding hydrogens is 487 g/mol. The average Bonchev–Trinajstić information content (AvgIpc) is 3.65. The summed E-state index contributed by atoms with van der Waals surface area (Å²) >= 11 is 0. The van der Waals surface area contributed by atoms with Gasteiger partial charge in [-0.05, 0) is 67.7 Å². The Bertz CT molecular complexity index is 1190. The van der Waals surface area contributed by atoms with Crippen molar-refractivity contribution in [3.05, 3.63) is 172 Å². The van der Waals surface area contributed by atoms with Gasteiger partial charge in [-0.15, -0.1) is 0 Å². The van der Waals surface area contributed by atoms with E-state index in [1.807, 2.05) is 106 Å². The minimum absolute atomic E-state index is 0. The zero-order valence-electron chi connectivity index (χ0n) is 19.1. The summed E-state index contributed by atoms with van der Waals surface area (Å²) in [6.45, 7) is 0. The molecule has 2 saturated carbocycles. The monoisotopic (exact) mass is 512 g/mol. The van der Waals surface area contributed by atoms with Crippen molar-refractivity contribution in [2.24, 2.45) is 0 Å². The molecule has 3 heteroatoms. The standard InChI is InChI=1S/C27H20OP.C5H5.Fe/c28-29(22-13-3-1-4-14-22,23-15-5-2-6-16-23)27-20-10-19-26(27)25-18-9-12-21-11-7-8-17-24(21)25;1-2-4-5-3-1;/h1-20H;1-5H;/q;;+2. The third kappa shape index (κ3) is 5.51. The van der Waals surface area contributed by atoms with E-state index in [1.165, 1.54) is 10.8 Å². The van der Waals surface area contributed by atoms with Crippen LogP contribution in [0.4, 0.5) is 0 Å². The molecule has 0 atom stereocenters. The van der Waals surface area contributed by atoms with Gasteiger partial charge in [-0.2, -0.15) is 0 Å². The Kier molecular flexibility index (Phi) is 9.07. The number of rotatable bonds is 4. The summed E-state index contributed by atoms with van der Waals surface area (Å²) in [6, 6.07) is 34.4. The van der Waals surface area contributed by atoms with Gasteiger partial charge in [-0.25, -0.2) is 0 Å². The van der Waals surface area contributed by atoms with Crippen LogP contribution in [0.1, 0.15) is 5.56 Å². The maximum Gasteiger partial charge on any atom is 2.00 e. The second kappa shape index (κ2) is 12.2.